The number of hydrogen-bond donors (Lipinski definition) is 0. The lowest BCUT2D eigenvalue weighted by atomic mass is 10.8. The Labute approximate surface area is 63.6 Å². The summed E-state index contributed by atoms with van der Waals surface area (Å²) >= 11 is 0. The molecule has 0 unspecified atom stereocenters. The van der Waals surface area contributed by atoms with Gasteiger partial charge in [-0.15, -0.1) is 0 Å². The van der Waals surface area contributed by atoms with Crippen LogP contribution in [0, 0.1) is 6.92 Å². The number of rotatable bonds is 3. The summed E-state index contributed by atoms with van der Waals surface area (Å²) in [7, 11) is -1.03. The topological polar surface area (TPSA) is 26.3 Å². The molecule has 0 rings (SSSR count). The van der Waals surface area contributed by atoms with Crippen LogP contribution in [-0.2, 0) is 9.53 Å². The van der Waals surface area contributed by atoms with Crippen molar-refractivity contribution in [3.63, 3.8) is 0 Å². The van der Waals surface area contributed by atoms with Crippen molar-refractivity contribution < 1.29 is 9.53 Å². The molecule has 0 atom stereocenters. The largest absolute Gasteiger partial charge is 0.466 e. The van der Waals surface area contributed by atoms with E-state index in [0.717, 1.165) is 6.04 Å². The third-order valence-corrected chi connectivity index (χ3v) is 2.82. The maximum absolute atomic E-state index is 10.2. The van der Waals surface area contributed by atoms with Gasteiger partial charge in [0.1, 0.15) is 0 Å². The molecule has 0 saturated carbocycles. The number of esters is 1. The molecule has 2 nitrogen and oxygen atoms in total. The average molecular weight is 159 g/mol. The average Bonchev–Trinajstić information content (AvgIpc) is 1.59. The molecule has 0 bridgehead atoms. The highest BCUT2D eigenvalue weighted by atomic mass is 28.3. The first kappa shape index (κ1) is 9.69. The minimum absolute atomic E-state index is 0.418. The van der Waals surface area contributed by atoms with Gasteiger partial charge in [0.25, 0.3) is 0 Å². The van der Waals surface area contributed by atoms with E-state index >= 15 is 0 Å². The molecular formula is C7H15O2Si. The molecule has 59 valence electrons. The van der Waals surface area contributed by atoms with Gasteiger partial charge in [-0.25, -0.2) is 0 Å². The molecule has 0 spiro atoms. The highest BCUT2D eigenvalue weighted by Gasteiger charge is 2.12. The zero-order valence-electron chi connectivity index (χ0n) is 6.94. The van der Waals surface area contributed by atoms with E-state index in [0.29, 0.717) is 6.61 Å². The lowest BCUT2D eigenvalue weighted by molar-refractivity contribution is -0.137. The van der Waals surface area contributed by atoms with Gasteiger partial charge in [-0.1, -0.05) is 19.6 Å². The quantitative estimate of drug-likeness (QED) is 0.463. The molecule has 0 aliphatic rings. The van der Waals surface area contributed by atoms with E-state index in [1.807, 2.05) is 0 Å². The first-order chi connectivity index (χ1) is 4.42. The number of carbonyl (C=O) groups is 1. The predicted octanol–water partition coefficient (Wildman–Crippen LogP) is 1.70. The molecule has 0 fully saturated rings. The number of carbonyl (C=O) groups excluding carboxylic acids is 1. The van der Waals surface area contributed by atoms with Crippen LogP contribution in [0.15, 0.2) is 0 Å². The van der Waals surface area contributed by atoms with Gasteiger partial charge in [-0.3, -0.25) is 4.79 Å². The molecule has 0 aliphatic carbocycles. The Bertz CT molecular complexity index is 115. The molecule has 0 amide bonds. The van der Waals surface area contributed by atoms with Crippen molar-refractivity contribution >= 4 is 14.0 Å². The van der Waals surface area contributed by atoms with Gasteiger partial charge in [-0.05, 0) is 6.04 Å². The van der Waals surface area contributed by atoms with E-state index in [2.05, 4.69) is 26.6 Å². The Morgan fingerprint density at radius 3 is 2.30 bits per heavy atom. The number of ether oxygens (including phenoxy) is 1. The molecule has 10 heavy (non-hydrogen) atoms. The third kappa shape index (κ3) is 7.69. The molecule has 0 aromatic rings. The number of hydrogen-bond acceptors (Lipinski definition) is 2. The first-order valence-corrected chi connectivity index (χ1v) is 7.11. The van der Waals surface area contributed by atoms with Crippen LogP contribution in [0.25, 0.3) is 0 Å². The minimum atomic E-state index is -1.03. The summed E-state index contributed by atoms with van der Waals surface area (Å²) in [6.45, 7) is 10.4. The summed E-state index contributed by atoms with van der Waals surface area (Å²) in [5.74, 6) is -0.418. The first-order valence-electron chi connectivity index (χ1n) is 3.40. The van der Waals surface area contributed by atoms with Crippen LogP contribution in [0.2, 0.25) is 25.7 Å². The van der Waals surface area contributed by atoms with Gasteiger partial charge in [-0.2, -0.15) is 0 Å². The van der Waals surface area contributed by atoms with Gasteiger partial charge in [0, 0.05) is 8.07 Å². The zero-order valence-corrected chi connectivity index (χ0v) is 7.94. The molecule has 3 heteroatoms. The van der Waals surface area contributed by atoms with E-state index in [-0.39, 0.29) is 0 Å². The van der Waals surface area contributed by atoms with Crippen molar-refractivity contribution in [1.29, 1.82) is 0 Å². The lowest BCUT2D eigenvalue weighted by Crippen LogP contribution is -2.22. The van der Waals surface area contributed by atoms with Crippen molar-refractivity contribution in [3.05, 3.63) is 6.92 Å². The maximum Gasteiger partial charge on any atom is 0.306 e. The van der Waals surface area contributed by atoms with Gasteiger partial charge in [0.15, 0.2) is 0 Å². The Balaban J connectivity index is 3.29. The Morgan fingerprint density at radius 2 is 2.00 bits per heavy atom. The van der Waals surface area contributed by atoms with E-state index in [9.17, 15) is 4.79 Å². The minimum Gasteiger partial charge on any atom is -0.466 e. The lowest BCUT2D eigenvalue weighted by Gasteiger charge is -2.14. The zero-order chi connectivity index (χ0) is 8.20. The van der Waals surface area contributed by atoms with Crippen molar-refractivity contribution in [2.24, 2.45) is 0 Å². The Morgan fingerprint density at radius 1 is 1.50 bits per heavy atom. The summed E-state index contributed by atoms with van der Waals surface area (Å²) < 4.78 is 4.70. The Hall–Kier alpha value is -0.313. The summed E-state index contributed by atoms with van der Waals surface area (Å²) in [5.41, 5.74) is 0. The summed E-state index contributed by atoms with van der Waals surface area (Å²) in [6, 6.07) is 1.02. The second kappa shape index (κ2) is 3.76. The van der Waals surface area contributed by atoms with Gasteiger partial charge in [0.2, 0.25) is 0 Å². The van der Waals surface area contributed by atoms with Crippen LogP contribution in [0.4, 0.5) is 0 Å². The second-order valence-corrected chi connectivity index (χ2v) is 9.15. The monoisotopic (exact) mass is 159 g/mol. The van der Waals surface area contributed by atoms with Gasteiger partial charge in [0.05, 0.1) is 13.5 Å². The van der Waals surface area contributed by atoms with Crippen LogP contribution >= 0.6 is 0 Å². The maximum atomic E-state index is 10.2. The fourth-order valence-corrected chi connectivity index (χ4v) is 1.19. The van der Waals surface area contributed by atoms with Gasteiger partial charge >= 0.3 is 5.97 Å². The molecule has 0 saturated heterocycles. The van der Waals surface area contributed by atoms with E-state index in [1.165, 1.54) is 0 Å². The molecule has 0 aromatic carbocycles. The van der Waals surface area contributed by atoms with Crippen LogP contribution in [0.3, 0.4) is 0 Å². The normalized spacial score (nSPS) is 11.2. The van der Waals surface area contributed by atoms with Gasteiger partial charge < -0.3 is 4.74 Å². The summed E-state index contributed by atoms with van der Waals surface area (Å²) in [4.78, 5) is 10.2. The molecule has 0 aliphatic heterocycles. The third-order valence-electron chi connectivity index (χ3n) is 1.12. The van der Waals surface area contributed by atoms with Crippen molar-refractivity contribution in [3.8, 4) is 0 Å². The second-order valence-electron chi connectivity index (χ2n) is 3.53. The summed E-state index contributed by atoms with van der Waals surface area (Å²) in [5, 5.41) is 0. The molecular weight excluding hydrogens is 144 g/mol. The van der Waals surface area contributed by atoms with E-state index < -0.39 is 14.0 Å². The smallest absolute Gasteiger partial charge is 0.306 e. The van der Waals surface area contributed by atoms with Crippen molar-refractivity contribution in [2.45, 2.75) is 25.7 Å². The van der Waals surface area contributed by atoms with Crippen molar-refractivity contribution in [1.82, 2.24) is 0 Å². The Kier molecular flexibility index (Phi) is 3.64. The fourth-order valence-electron chi connectivity index (χ4n) is 0.471. The van der Waals surface area contributed by atoms with E-state index in [1.54, 1.807) is 0 Å². The van der Waals surface area contributed by atoms with Crippen molar-refractivity contribution in [2.75, 3.05) is 6.61 Å². The predicted molar refractivity (Wildman–Crippen MR) is 44.5 cm³/mol. The van der Waals surface area contributed by atoms with Crippen LogP contribution in [-0.4, -0.2) is 20.7 Å². The van der Waals surface area contributed by atoms with Crippen LogP contribution < -0.4 is 0 Å². The fraction of sp³-hybridized carbons (Fsp3) is 0.714. The molecule has 0 N–H and O–H groups in total. The van der Waals surface area contributed by atoms with E-state index in [4.69, 9.17) is 4.74 Å². The molecule has 1 radical (unpaired) electrons. The highest BCUT2D eigenvalue weighted by Crippen LogP contribution is 2.07. The highest BCUT2D eigenvalue weighted by molar-refractivity contribution is 6.76. The molecule has 0 heterocycles. The summed E-state index contributed by atoms with van der Waals surface area (Å²) in [6.07, 6.45) is 0. The molecule has 0 aromatic heterocycles. The van der Waals surface area contributed by atoms with Crippen LogP contribution in [0.1, 0.15) is 0 Å². The van der Waals surface area contributed by atoms with Crippen LogP contribution in [0.5, 0.6) is 0 Å². The standard InChI is InChI=1S/C7H15O2Si/c1-7(8)9-5-6-10(2,3)4/h1,5-6H2,2-4H3. The SMILES string of the molecule is [CH2]C(=O)OCC[Si](C)(C)C.